The lowest BCUT2D eigenvalue weighted by atomic mass is 9.39. The van der Waals surface area contributed by atoms with Crippen LogP contribution in [-0.4, -0.2) is 22.8 Å². The average Bonchev–Trinajstić information content (AvgIpc) is 2.66. The van der Waals surface area contributed by atoms with Crippen molar-refractivity contribution in [3.05, 3.63) is 71.3 Å². The van der Waals surface area contributed by atoms with Gasteiger partial charge in [0.15, 0.2) is 0 Å². The van der Waals surface area contributed by atoms with Crippen molar-refractivity contribution in [1.82, 2.24) is 4.90 Å². The minimum absolute atomic E-state index is 0.102. The number of rotatable bonds is 3. The number of hydrogen-bond donors (Lipinski definition) is 0. The first-order chi connectivity index (χ1) is 13.3. The van der Waals surface area contributed by atoms with Gasteiger partial charge in [0.2, 0.25) is 0 Å². The quantitative estimate of drug-likeness (QED) is 0.742. The molecule has 2 heterocycles. The van der Waals surface area contributed by atoms with Gasteiger partial charge in [0.1, 0.15) is 5.78 Å². The van der Waals surface area contributed by atoms with Crippen molar-refractivity contribution in [1.29, 1.82) is 0 Å². The normalized spacial score (nSPS) is 38.9. The molecular formula is C26H31NO. The molecule has 0 radical (unpaired) electrons. The van der Waals surface area contributed by atoms with Gasteiger partial charge in [-0.2, -0.15) is 0 Å². The average molecular weight is 374 g/mol. The second-order valence-electron chi connectivity index (χ2n) is 10.2. The second kappa shape index (κ2) is 5.79. The number of hydrogen-bond acceptors (Lipinski definition) is 2. The fourth-order valence-electron chi connectivity index (χ4n) is 7.05. The van der Waals surface area contributed by atoms with Crippen LogP contribution in [0.25, 0.3) is 0 Å². The van der Waals surface area contributed by atoms with E-state index in [0.29, 0.717) is 17.9 Å². The van der Waals surface area contributed by atoms with E-state index in [-0.39, 0.29) is 16.2 Å². The topological polar surface area (TPSA) is 20.3 Å². The first-order valence-electron chi connectivity index (χ1n) is 10.7. The standard InChI is InChI=1S/C26H31NO/c1-18(28)24(2)17-26(4)22-14-20-12-8-9-13-21(20)25(26,3)15-23(24)27(22)16-19-10-6-5-7-11-19/h5-13,22-23H,14-17H2,1-4H3. The molecule has 0 spiro atoms. The predicted molar refractivity (Wildman–Crippen MR) is 113 cm³/mol. The lowest BCUT2D eigenvalue weighted by Crippen LogP contribution is -2.76. The summed E-state index contributed by atoms with van der Waals surface area (Å²) in [6.45, 7) is 9.94. The van der Waals surface area contributed by atoms with Gasteiger partial charge >= 0.3 is 0 Å². The molecule has 146 valence electrons. The third kappa shape index (κ3) is 2.16. The van der Waals surface area contributed by atoms with Gasteiger partial charge in [-0.1, -0.05) is 75.4 Å². The Balaban J connectivity index is 1.67. The highest BCUT2D eigenvalue weighted by Gasteiger charge is 2.69. The van der Waals surface area contributed by atoms with E-state index in [2.05, 4.69) is 80.3 Å². The van der Waals surface area contributed by atoms with Crippen LogP contribution in [0.1, 0.15) is 57.2 Å². The molecule has 0 amide bonds. The number of nitrogens with zero attached hydrogens (tertiary/aromatic N) is 1. The molecule has 2 aliphatic heterocycles. The Bertz CT molecular complexity index is 936. The Morgan fingerprint density at radius 2 is 1.68 bits per heavy atom. The number of Topliss-reactive ketones (excluding diaryl/α,β-unsaturated/α-hetero) is 1. The molecule has 0 aromatic heterocycles. The van der Waals surface area contributed by atoms with Gasteiger partial charge in [-0.25, -0.2) is 0 Å². The number of ketones is 1. The molecule has 2 aliphatic carbocycles. The van der Waals surface area contributed by atoms with Crippen molar-refractivity contribution in [2.45, 2.75) is 71.0 Å². The van der Waals surface area contributed by atoms with Crippen molar-refractivity contribution < 1.29 is 4.79 Å². The maximum Gasteiger partial charge on any atom is 0.137 e. The largest absolute Gasteiger partial charge is 0.299 e. The van der Waals surface area contributed by atoms with E-state index in [1.807, 2.05) is 6.92 Å². The van der Waals surface area contributed by atoms with E-state index >= 15 is 0 Å². The highest BCUT2D eigenvalue weighted by Crippen LogP contribution is 2.68. The maximum absolute atomic E-state index is 12.9. The molecule has 5 atom stereocenters. The summed E-state index contributed by atoms with van der Waals surface area (Å²) in [6, 6.07) is 20.6. The Kier molecular flexibility index (Phi) is 3.75. The molecular weight excluding hydrogens is 342 g/mol. The van der Waals surface area contributed by atoms with Crippen LogP contribution in [0.15, 0.2) is 54.6 Å². The van der Waals surface area contributed by atoms with Gasteiger partial charge in [-0.15, -0.1) is 0 Å². The van der Waals surface area contributed by atoms with Crippen LogP contribution in [0, 0.1) is 10.8 Å². The number of benzene rings is 2. The summed E-state index contributed by atoms with van der Waals surface area (Å²) >= 11 is 0. The van der Waals surface area contributed by atoms with E-state index in [4.69, 9.17) is 0 Å². The van der Waals surface area contributed by atoms with Crippen LogP contribution in [0.2, 0.25) is 0 Å². The summed E-state index contributed by atoms with van der Waals surface area (Å²) in [4.78, 5) is 15.6. The Morgan fingerprint density at radius 3 is 2.39 bits per heavy atom. The minimum Gasteiger partial charge on any atom is -0.299 e. The summed E-state index contributed by atoms with van der Waals surface area (Å²) < 4.78 is 0. The molecule has 4 bridgehead atoms. The lowest BCUT2D eigenvalue weighted by Gasteiger charge is -2.72. The first-order valence-corrected chi connectivity index (χ1v) is 10.7. The number of fused-ring (bicyclic) bond motifs is 2. The zero-order valence-corrected chi connectivity index (χ0v) is 17.5. The predicted octanol–water partition coefficient (Wildman–Crippen LogP) is 5.15. The number of piperidine rings is 2. The fourth-order valence-corrected chi connectivity index (χ4v) is 7.05. The number of carbonyl (C=O) groups excluding carboxylic acids is 1. The number of carbonyl (C=O) groups is 1. The Hall–Kier alpha value is -1.93. The summed E-state index contributed by atoms with van der Waals surface area (Å²) in [5, 5.41) is 0. The summed E-state index contributed by atoms with van der Waals surface area (Å²) in [5.74, 6) is 0.358. The summed E-state index contributed by atoms with van der Waals surface area (Å²) in [5.41, 5.74) is 4.38. The first kappa shape index (κ1) is 18.1. The van der Waals surface area contributed by atoms with Crippen molar-refractivity contribution in [3.63, 3.8) is 0 Å². The van der Waals surface area contributed by atoms with Crippen molar-refractivity contribution in [2.24, 2.45) is 10.8 Å². The molecule has 0 N–H and O–H groups in total. The minimum atomic E-state index is -0.258. The van der Waals surface area contributed by atoms with Gasteiger partial charge in [0.05, 0.1) is 0 Å². The molecule has 2 heteroatoms. The van der Waals surface area contributed by atoms with Crippen LogP contribution >= 0.6 is 0 Å². The van der Waals surface area contributed by atoms with Crippen molar-refractivity contribution >= 4 is 5.78 Å². The monoisotopic (exact) mass is 373 g/mol. The van der Waals surface area contributed by atoms with Crippen molar-refractivity contribution in [3.8, 4) is 0 Å². The maximum atomic E-state index is 12.9. The van der Waals surface area contributed by atoms with E-state index in [1.165, 1.54) is 16.7 Å². The molecule has 4 aliphatic rings. The molecule has 5 unspecified atom stereocenters. The summed E-state index contributed by atoms with van der Waals surface area (Å²) in [7, 11) is 0. The third-order valence-electron chi connectivity index (χ3n) is 8.91. The molecule has 2 aromatic carbocycles. The van der Waals surface area contributed by atoms with Crippen LogP contribution in [0.4, 0.5) is 0 Å². The van der Waals surface area contributed by atoms with Crippen LogP contribution in [-0.2, 0) is 23.2 Å². The van der Waals surface area contributed by atoms with E-state index in [9.17, 15) is 4.79 Å². The molecule has 2 nitrogen and oxygen atoms in total. The highest BCUT2D eigenvalue weighted by atomic mass is 16.1. The van der Waals surface area contributed by atoms with Crippen LogP contribution < -0.4 is 0 Å². The molecule has 1 saturated carbocycles. The molecule has 2 saturated heterocycles. The SMILES string of the molecule is CC(=O)C1(C)CC2(C)C3Cc4ccccc4C2(C)CC1N3Cc1ccccc1. The second-order valence-corrected chi connectivity index (χ2v) is 10.2. The fraction of sp³-hybridized carbons (Fsp3) is 0.500. The van der Waals surface area contributed by atoms with E-state index in [0.717, 1.165) is 25.8 Å². The Morgan fingerprint density at radius 1 is 1.00 bits per heavy atom. The van der Waals surface area contributed by atoms with Gasteiger partial charge in [0.25, 0.3) is 0 Å². The lowest BCUT2D eigenvalue weighted by molar-refractivity contribution is -0.196. The van der Waals surface area contributed by atoms with E-state index in [1.54, 1.807) is 0 Å². The zero-order valence-electron chi connectivity index (χ0n) is 17.5. The van der Waals surface area contributed by atoms with Gasteiger partial charge in [-0.3, -0.25) is 9.69 Å². The smallest absolute Gasteiger partial charge is 0.137 e. The molecule has 6 rings (SSSR count). The van der Waals surface area contributed by atoms with E-state index < -0.39 is 0 Å². The van der Waals surface area contributed by atoms with Gasteiger partial charge in [-0.05, 0) is 48.3 Å². The van der Waals surface area contributed by atoms with Crippen LogP contribution in [0.3, 0.4) is 0 Å². The summed E-state index contributed by atoms with van der Waals surface area (Å²) in [6.07, 6.45) is 3.17. The van der Waals surface area contributed by atoms with Gasteiger partial charge < -0.3 is 0 Å². The van der Waals surface area contributed by atoms with Crippen LogP contribution in [0.5, 0.6) is 0 Å². The zero-order chi connectivity index (χ0) is 19.7. The third-order valence-corrected chi connectivity index (χ3v) is 8.91. The Labute approximate surface area is 169 Å². The molecule has 3 fully saturated rings. The van der Waals surface area contributed by atoms with Crippen molar-refractivity contribution in [2.75, 3.05) is 0 Å². The molecule has 28 heavy (non-hydrogen) atoms. The highest BCUT2D eigenvalue weighted by molar-refractivity contribution is 5.83. The van der Waals surface area contributed by atoms with Gasteiger partial charge in [0, 0.05) is 29.5 Å². The molecule has 2 aromatic rings.